The predicted molar refractivity (Wildman–Crippen MR) is 60.3 cm³/mol. The average Bonchev–Trinajstić information content (AvgIpc) is 2.39. The van der Waals surface area contributed by atoms with Crippen LogP contribution in [0.1, 0.15) is 52.4 Å². The number of rotatable bonds is 4. The maximum Gasteiger partial charge on any atom is 0.0662 e. The van der Waals surface area contributed by atoms with Crippen LogP contribution in [0.4, 0.5) is 0 Å². The highest BCUT2D eigenvalue weighted by Gasteiger charge is 2.19. The van der Waals surface area contributed by atoms with Crippen molar-refractivity contribution < 1.29 is 5.11 Å². The Bertz CT molecular complexity index is 149. The minimum atomic E-state index is -0.162. The summed E-state index contributed by atoms with van der Waals surface area (Å²) in [5.74, 6) is 0.779. The molecule has 0 aromatic carbocycles. The van der Waals surface area contributed by atoms with Gasteiger partial charge in [-0.15, -0.1) is 0 Å². The Morgan fingerprint density at radius 1 is 1.29 bits per heavy atom. The second kappa shape index (κ2) is 6.41. The van der Waals surface area contributed by atoms with Crippen LogP contribution in [0.3, 0.4) is 0 Å². The van der Waals surface area contributed by atoms with Crippen molar-refractivity contribution in [2.24, 2.45) is 5.92 Å². The van der Waals surface area contributed by atoms with E-state index in [1.54, 1.807) is 0 Å². The molecule has 2 nitrogen and oxygen atoms in total. The van der Waals surface area contributed by atoms with Gasteiger partial charge in [-0.25, -0.2) is 0 Å². The van der Waals surface area contributed by atoms with Gasteiger partial charge in [-0.2, -0.15) is 0 Å². The number of aliphatic hydroxyl groups is 1. The first kappa shape index (κ1) is 12.0. The summed E-state index contributed by atoms with van der Waals surface area (Å²) in [6.45, 7) is 5.13. The second-order valence-corrected chi connectivity index (χ2v) is 4.69. The van der Waals surface area contributed by atoms with Crippen LogP contribution >= 0.6 is 0 Å². The number of hydrogen-bond acceptors (Lipinski definition) is 2. The first-order chi connectivity index (χ1) is 6.74. The third-order valence-electron chi connectivity index (χ3n) is 3.45. The van der Waals surface area contributed by atoms with Gasteiger partial charge in [0.1, 0.15) is 0 Å². The molecule has 0 spiro atoms. The Balaban J connectivity index is 2.26. The van der Waals surface area contributed by atoms with Gasteiger partial charge in [-0.05, 0) is 25.2 Å². The molecular weight excluding hydrogens is 174 g/mol. The molecule has 1 fully saturated rings. The van der Waals surface area contributed by atoms with E-state index >= 15 is 0 Å². The van der Waals surface area contributed by atoms with E-state index in [2.05, 4.69) is 12.2 Å². The van der Waals surface area contributed by atoms with Crippen molar-refractivity contribution in [2.75, 3.05) is 6.54 Å². The van der Waals surface area contributed by atoms with E-state index < -0.39 is 0 Å². The zero-order valence-electron chi connectivity index (χ0n) is 9.63. The third-order valence-corrected chi connectivity index (χ3v) is 3.45. The first-order valence-corrected chi connectivity index (χ1v) is 6.15. The molecule has 3 unspecified atom stereocenters. The quantitative estimate of drug-likeness (QED) is 0.681. The zero-order valence-corrected chi connectivity index (χ0v) is 9.63. The average molecular weight is 199 g/mol. The monoisotopic (exact) mass is 199 g/mol. The summed E-state index contributed by atoms with van der Waals surface area (Å²) < 4.78 is 0. The molecule has 1 aliphatic carbocycles. The fourth-order valence-corrected chi connectivity index (χ4v) is 2.23. The van der Waals surface area contributed by atoms with Crippen molar-refractivity contribution in [2.45, 2.75) is 64.5 Å². The molecular formula is C12H25NO. The van der Waals surface area contributed by atoms with Crippen LogP contribution in [0.25, 0.3) is 0 Å². The Hall–Kier alpha value is -0.0800. The maximum atomic E-state index is 9.48. The molecule has 14 heavy (non-hydrogen) atoms. The lowest BCUT2D eigenvalue weighted by atomic mass is 9.97. The Morgan fingerprint density at radius 2 is 2.00 bits per heavy atom. The summed E-state index contributed by atoms with van der Waals surface area (Å²) >= 11 is 0. The molecule has 0 amide bonds. The molecule has 1 saturated carbocycles. The molecule has 2 N–H and O–H groups in total. The van der Waals surface area contributed by atoms with Crippen LogP contribution in [0.5, 0.6) is 0 Å². The van der Waals surface area contributed by atoms with Gasteiger partial charge in [0, 0.05) is 12.6 Å². The van der Waals surface area contributed by atoms with Crippen LogP contribution in [-0.4, -0.2) is 23.8 Å². The smallest absolute Gasteiger partial charge is 0.0662 e. The van der Waals surface area contributed by atoms with E-state index in [1.165, 1.54) is 32.1 Å². The van der Waals surface area contributed by atoms with Crippen molar-refractivity contribution in [1.82, 2.24) is 5.32 Å². The van der Waals surface area contributed by atoms with E-state index in [-0.39, 0.29) is 6.10 Å². The summed E-state index contributed by atoms with van der Waals surface area (Å²) in [6, 6.07) is 0.638. The molecule has 2 heteroatoms. The molecule has 0 aromatic rings. The van der Waals surface area contributed by atoms with Gasteiger partial charge in [0.05, 0.1) is 6.10 Å². The van der Waals surface area contributed by atoms with Crippen LogP contribution in [0, 0.1) is 5.92 Å². The zero-order chi connectivity index (χ0) is 10.4. The third kappa shape index (κ3) is 3.97. The fraction of sp³-hybridized carbons (Fsp3) is 1.00. The lowest BCUT2D eigenvalue weighted by Gasteiger charge is -2.24. The summed E-state index contributed by atoms with van der Waals surface area (Å²) in [5.41, 5.74) is 0. The van der Waals surface area contributed by atoms with E-state index in [0.717, 1.165) is 18.9 Å². The van der Waals surface area contributed by atoms with Crippen molar-refractivity contribution in [3.05, 3.63) is 0 Å². The van der Waals surface area contributed by atoms with Crippen molar-refractivity contribution in [1.29, 1.82) is 0 Å². The van der Waals surface area contributed by atoms with E-state index in [4.69, 9.17) is 0 Å². The lowest BCUT2D eigenvalue weighted by Crippen LogP contribution is -2.39. The molecule has 1 rings (SSSR count). The topological polar surface area (TPSA) is 32.3 Å². The molecule has 1 aliphatic rings. The minimum Gasteiger partial charge on any atom is -0.392 e. The Morgan fingerprint density at radius 3 is 2.71 bits per heavy atom. The summed E-state index contributed by atoms with van der Waals surface area (Å²) in [5, 5.41) is 13.0. The van der Waals surface area contributed by atoms with Gasteiger partial charge in [-0.1, -0.05) is 33.1 Å². The Kier molecular flexibility index (Phi) is 5.49. The molecule has 0 aliphatic heterocycles. The van der Waals surface area contributed by atoms with Gasteiger partial charge < -0.3 is 10.4 Å². The van der Waals surface area contributed by atoms with Gasteiger partial charge >= 0.3 is 0 Å². The van der Waals surface area contributed by atoms with Crippen LogP contribution in [0.15, 0.2) is 0 Å². The number of nitrogens with one attached hydrogen (secondary N) is 1. The molecule has 0 heterocycles. The van der Waals surface area contributed by atoms with E-state index in [1.807, 2.05) is 6.92 Å². The molecule has 0 saturated heterocycles. The predicted octanol–water partition coefficient (Wildman–Crippen LogP) is 2.32. The molecule has 84 valence electrons. The van der Waals surface area contributed by atoms with Gasteiger partial charge in [0.25, 0.3) is 0 Å². The molecule has 0 radical (unpaired) electrons. The van der Waals surface area contributed by atoms with Gasteiger partial charge in [-0.3, -0.25) is 0 Å². The van der Waals surface area contributed by atoms with Crippen LogP contribution in [0.2, 0.25) is 0 Å². The van der Waals surface area contributed by atoms with Crippen LogP contribution < -0.4 is 5.32 Å². The largest absolute Gasteiger partial charge is 0.392 e. The standard InChI is InChI=1S/C12H25NO/c1-3-11(14)9-13-12-8-6-4-5-7-10(12)2/h10-14H,3-9H2,1-2H3. The maximum absolute atomic E-state index is 9.48. The fourth-order valence-electron chi connectivity index (χ4n) is 2.23. The van der Waals surface area contributed by atoms with Gasteiger partial charge in [0.2, 0.25) is 0 Å². The van der Waals surface area contributed by atoms with E-state index in [0.29, 0.717) is 6.04 Å². The van der Waals surface area contributed by atoms with Crippen molar-refractivity contribution in [3.8, 4) is 0 Å². The molecule has 0 aromatic heterocycles. The normalized spacial score (nSPS) is 31.1. The van der Waals surface area contributed by atoms with Crippen LogP contribution in [-0.2, 0) is 0 Å². The van der Waals surface area contributed by atoms with Crippen molar-refractivity contribution in [3.63, 3.8) is 0 Å². The number of hydrogen-bond donors (Lipinski definition) is 2. The highest BCUT2D eigenvalue weighted by atomic mass is 16.3. The lowest BCUT2D eigenvalue weighted by molar-refractivity contribution is 0.157. The Labute approximate surface area is 88.1 Å². The second-order valence-electron chi connectivity index (χ2n) is 4.69. The van der Waals surface area contributed by atoms with Gasteiger partial charge in [0.15, 0.2) is 0 Å². The molecule has 3 atom stereocenters. The molecule has 0 bridgehead atoms. The minimum absolute atomic E-state index is 0.162. The van der Waals surface area contributed by atoms with Crippen molar-refractivity contribution >= 4 is 0 Å². The highest BCUT2D eigenvalue weighted by molar-refractivity contribution is 4.77. The van der Waals surface area contributed by atoms with E-state index in [9.17, 15) is 5.11 Å². The number of aliphatic hydroxyl groups excluding tert-OH is 1. The summed E-state index contributed by atoms with van der Waals surface area (Å²) in [6.07, 6.45) is 7.45. The SMILES string of the molecule is CCC(O)CNC1CCCCCC1C. The summed E-state index contributed by atoms with van der Waals surface area (Å²) in [7, 11) is 0. The first-order valence-electron chi connectivity index (χ1n) is 6.15. The summed E-state index contributed by atoms with van der Waals surface area (Å²) in [4.78, 5) is 0. The highest BCUT2D eigenvalue weighted by Crippen LogP contribution is 2.22.